The molecule has 0 amide bonds. The molecule has 0 spiro atoms. The Morgan fingerprint density at radius 2 is 0.667 bits per heavy atom. The smallest absolute Gasteiger partial charge is 0.0616 e. The molecule has 0 saturated carbocycles. The highest BCUT2D eigenvalue weighted by atomic mass is 14.0. The van der Waals surface area contributed by atoms with Gasteiger partial charge in [-0.05, 0) is 56.6 Å². The van der Waals surface area contributed by atoms with Crippen LogP contribution in [-0.2, 0) is 0 Å². The topological polar surface area (TPSA) is 0 Å². The summed E-state index contributed by atoms with van der Waals surface area (Å²) in [7, 11) is 0. The molecule has 18 heavy (non-hydrogen) atoms. The molecule has 4 aromatic carbocycles. The summed E-state index contributed by atoms with van der Waals surface area (Å²) in [5.74, 6) is 0. The molecule has 4 rings (SSSR count). The third kappa shape index (κ3) is 1.39. The summed E-state index contributed by atoms with van der Waals surface area (Å²) in [6, 6.07) is 26.2. The van der Waals surface area contributed by atoms with Gasteiger partial charge in [-0.3, -0.25) is 0 Å². The quantitative estimate of drug-likeness (QED) is 0.361. The van der Waals surface area contributed by atoms with Crippen molar-refractivity contribution in [3.8, 4) is 0 Å². The summed E-state index contributed by atoms with van der Waals surface area (Å²) >= 11 is 0. The second-order valence-corrected chi connectivity index (χ2v) is 4.75. The highest BCUT2D eigenvalue weighted by Gasteiger charge is 2.00. The standard InChI is InChI=1S/C18H12/c1-2-6-14-10-18-12-16-8-4-3-7-15(16)11-17(18)9-13(14)5-1/h1-12H/p+1. The second-order valence-electron chi connectivity index (χ2n) is 4.75. The van der Waals surface area contributed by atoms with Crippen molar-refractivity contribution in [2.45, 2.75) is 0 Å². The van der Waals surface area contributed by atoms with Crippen molar-refractivity contribution in [2.75, 3.05) is 0 Å². The fourth-order valence-electron chi connectivity index (χ4n) is 2.63. The number of benzene rings is 4. The van der Waals surface area contributed by atoms with Gasteiger partial charge in [-0.1, -0.05) is 48.5 Å². The van der Waals surface area contributed by atoms with Crippen LogP contribution < -0.4 is 0 Å². The van der Waals surface area contributed by atoms with Crippen LogP contribution in [0.15, 0.2) is 72.8 Å². The molecule has 0 aliphatic heterocycles. The van der Waals surface area contributed by atoms with E-state index in [2.05, 4.69) is 72.8 Å². The van der Waals surface area contributed by atoms with Crippen LogP contribution >= 0.6 is 0 Å². The van der Waals surface area contributed by atoms with E-state index in [1.807, 2.05) is 0 Å². The molecule has 0 N–H and O–H groups in total. The molecule has 0 atom stereocenters. The maximum atomic E-state index is 2.27. The lowest BCUT2D eigenvalue weighted by atomic mass is 10.00. The third-order valence-corrected chi connectivity index (χ3v) is 3.57. The zero-order valence-corrected chi connectivity index (χ0v) is 9.93. The van der Waals surface area contributed by atoms with Crippen molar-refractivity contribution < 1.29 is 1.43 Å². The minimum absolute atomic E-state index is 0. The molecular weight excluding hydrogens is 216 g/mol. The van der Waals surface area contributed by atoms with Crippen molar-refractivity contribution in [3.63, 3.8) is 0 Å². The maximum Gasteiger partial charge on any atom is 1.00 e. The zero-order chi connectivity index (χ0) is 11.9. The van der Waals surface area contributed by atoms with E-state index in [0.29, 0.717) is 0 Å². The Hall–Kier alpha value is -2.34. The Morgan fingerprint density at radius 1 is 0.389 bits per heavy atom. The van der Waals surface area contributed by atoms with E-state index in [1.165, 1.54) is 32.3 Å². The maximum absolute atomic E-state index is 2.27. The molecule has 0 heteroatoms. The fraction of sp³-hybridized carbons (Fsp3) is 0. The molecule has 0 radical (unpaired) electrons. The van der Waals surface area contributed by atoms with E-state index in [4.69, 9.17) is 0 Å². The average molecular weight is 229 g/mol. The molecule has 0 aromatic heterocycles. The van der Waals surface area contributed by atoms with Crippen LogP contribution in [0.2, 0.25) is 0 Å². The molecule has 84 valence electrons. The van der Waals surface area contributed by atoms with Gasteiger partial charge in [0, 0.05) is 0 Å². The zero-order valence-electron chi connectivity index (χ0n) is 10.9. The number of hydrogen-bond acceptors (Lipinski definition) is 0. The first-order valence-electron chi connectivity index (χ1n) is 6.21. The highest BCUT2D eigenvalue weighted by Crippen LogP contribution is 2.27. The van der Waals surface area contributed by atoms with Gasteiger partial charge in [-0.15, -0.1) is 0 Å². The Morgan fingerprint density at radius 3 is 0.944 bits per heavy atom. The van der Waals surface area contributed by atoms with E-state index in [1.54, 1.807) is 0 Å². The van der Waals surface area contributed by atoms with Crippen molar-refractivity contribution >= 4 is 32.3 Å². The Kier molecular flexibility index (Phi) is 1.92. The molecule has 0 bridgehead atoms. The molecule has 4 aromatic rings. The van der Waals surface area contributed by atoms with Gasteiger partial charge < -0.3 is 0 Å². The highest BCUT2D eigenvalue weighted by molar-refractivity contribution is 6.04. The second kappa shape index (κ2) is 3.58. The van der Waals surface area contributed by atoms with E-state index in [9.17, 15) is 0 Å². The van der Waals surface area contributed by atoms with Gasteiger partial charge in [-0.25, -0.2) is 0 Å². The lowest BCUT2D eigenvalue weighted by molar-refractivity contribution is 1.77. The van der Waals surface area contributed by atoms with Gasteiger partial charge in [-0.2, -0.15) is 0 Å². The van der Waals surface area contributed by atoms with Gasteiger partial charge >= 0.3 is 1.43 Å². The molecule has 0 aliphatic carbocycles. The van der Waals surface area contributed by atoms with Gasteiger partial charge in [0.2, 0.25) is 0 Å². The van der Waals surface area contributed by atoms with Gasteiger partial charge in [0.1, 0.15) is 0 Å². The first kappa shape index (κ1) is 9.67. The van der Waals surface area contributed by atoms with Crippen molar-refractivity contribution in [2.24, 2.45) is 0 Å². The van der Waals surface area contributed by atoms with Crippen LogP contribution in [0.3, 0.4) is 0 Å². The van der Waals surface area contributed by atoms with Crippen LogP contribution in [0.5, 0.6) is 0 Å². The van der Waals surface area contributed by atoms with Crippen LogP contribution in [0.1, 0.15) is 1.43 Å². The third-order valence-electron chi connectivity index (χ3n) is 3.57. The van der Waals surface area contributed by atoms with E-state index in [-0.39, 0.29) is 1.43 Å². The largest absolute Gasteiger partial charge is 1.00 e. The molecule has 0 aliphatic rings. The normalized spacial score (nSPS) is 11.3. The summed E-state index contributed by atoms with van der Waals surface area (Å²) in [5, 5.41) is 7.85. The van der Waals surface area contributed by atoms with Gasteiger partial charge in [0.05, 0.1) is 0 Å². The number of fused-ring (bicyclic) bond motifs is 3. The molecule has 0 heterocycles. The molecule has 0 nitrogen and oxygen atoms in total. The first-order valence-corrected chi connectivity index (χ1v) is 6.21. The van der Waals surface area contributed by atoms with Crippen molar-refractivity contribution in [1.82, 2.24) is 0 Å². The minimum atomic E-state index is 0. The predicted octanol–water partition coefficient (Wildman–Crippen LogP) is 5.26. The minimum Gasteiger partial charge on any atom is -0.0616 e. The summed E-state index contributed by atoms with van der Waals surface area (Å²) < 4.78 is 0. The van der Waals surface area contributed by atoms with Gasteiger partial charge in [0.15, 0.2) is 0 Å². The van der Waals surface area contributed by atoms with Crippen LogP contribution in [0.4, 0.5) is 0 Å². The summed E-state index contributed by atoms with van der Waals surface area (Å²) in [4.78, 5) is 0. The molecule has 0 saturated heterocycles. The SMILES string of the molecule is [H+].c1ccc2cc3cc4ccccc4cc3cc2c1. The summed E-state index contributed by atoms with van der Waals surface area (Å²) in [6.45, 7) is 0. The van der Waals surface area contributed by atoms with Crippen LogP contribution in [-0.4, -0.2) is 0 Å². The Balaban J connectivity index is 0.00000110. The van der Waals surface area contributed by atoms with E-state index >= 15 is 0 Å². The number of rotatable bonds is 0. The Bertz CT molecular complexity index is 734. The fourth-order valence-corrected chi connectivity index (χ4v) is 2.63. The van der Waals surface area contributed by atoms with Crippen LogP contribution in [0.25, 0.3) is 32.3 Å². The van der Waals surface area contributed by atoms with E-state index in [0.717, 1.165) is 0 Å². The number of hydrogen-bond donors (Lipinski definition) is 0. The van der Waals surface area contributed by atoms with Crippen molar-refractivity contribution in [3.05, 3.63) is 72.8 Å². The van der Waals surface area contributed by atoms with Crippen LogP contribution in [0, 0.1) is 0 Å². The monoisotopic (exact) mass is 229 g/mol. The molecule has 0 unspecified atom stereocenters. The molecular formula is C18H13+. The first-order chi connectivity index (χ1) is 8.90. The lowest BCUT2D eigenvalue weighted by Crippen LogP contribution is -1.78. The summed E-state index contributed by atoms with van der Waals surface area (Å²) in [6.07, 6.45) is 0. The van der Waals surface area contributed by atoms with Crippen molar-refractivity contribution in [1.29, 1.82) is 0 Å². The van der Waals surface area contributed by atoms with E-state index < -0.39 is 0 Å². The molecule has 0 fully saturated rings. The Labute approximate surface area is 107 Å². The van der Waals surface area contributed by atoms with Gasteiger partial charge in [0.25, 0.3) is 0 Å². The lowest BCUT2D eigenvalue weighted by Gasteiger charge is -2.04. The average Bonchev–Trinajstić information content (AvgIpc) is 2.42. The summed E-state index contributed by atoms with van der Waals surface area (Å²) in [5.41, 5.74) is 0. The predicted molar refractivity (Wildman–Crippen MR) is 80.1 cm³/mol.